The van der Waals surface area contributed by atoms with Crippen LogP contribution in [0.25, 0.3) is 0 Å². The van der Waals surface area contributed by atoms with Crippen molar-refractivity contribution in [1.29, 1.82) is 0 Å². The molecule has 1 amide bonds. The SMILES string of the molecule is CN(CCC(=O)N1CCCC2(CCNC2)C1)c1ccccc1. The van der Waals surface area contributed by atoms with Gasteiger partial charge in [0, 0.05) is 50.7 Å². The van der Waals surface area contributed by atoms with Crippen LogP contribution >= 0.6 is 0 Å². The molecule has 2 fully saturated rings. The summed E-state index contributed by atoms with van der Waals surface area (Å²) >= 11 is 0. The van der Waals surface area contributed by atoms with E-state index in [2.05, 4.69) is 34.3 Å². The number of hydrogen-bond donors (Lipinski definition) is 1. The normalized spacial score (nSPS) is 24.7. The molecule has 1 spiro atoms. The van der Waals surface area contributed by atoms with Crippen molar-refractivity contribution in [3.05, 3.63) is 30.3 Å². The number of carbonyl (C=O) groups excluding carboxylic acids is 1. The van der Waals surface area contributed by atoms with Crippen molar-refractivity contribution in [2.24, 2.45) is 5.41 Å². The summed E-state index contributed by atoms with van der Waals surface area (Å²) in [5.41, 5.74) is 1.53. The van der Waals surface area contributed by atoms with E-state index in [4.69, 9.17) is 0 Å². The van der Waals surface area contributed by atoms with Crippen LogP contribution in [0, 0.1) is 5.41 Å². The molecule has 4 nitrogen and oxygen atoms in total. The Labute approximate surface area is 133 Å². The number of nitrogens with one attached hydrogen (secondary N) is 1. The van der Waals surface area contributed by atoms with Crippen LogP contribution in [-0.4, -0.2) is 50.6 Å². The number of nitrogens with zero attached hydrogens (tertiary/aromatic N) is 2. The zero-order valence-corrected chi connectivity index (χ0v) is 13.6. The van der Waals surface area contributed by atoms with Gasteiger partial charge in [-0.2, -0.15) is 0 Å². The van der Waals surface area contributed by atoms with Crippen LogP contribution < -0.4 is 10.2 Å². The van der Waals surface area contributed by atoms with Crippen LogP contribution in [0.2, 0.25) is 0 Å². The lowest BCUT2D eigenvalue weighted by atomic mass is 9.79. The lowest BCUT2D eigenvalue weighted by molar-refractivity contribution is -0.134. The quantitative estimate of drug-likeness (QED) is 0.925. The topological polar surface area (TPSA) is 35.6 Å². The summed E-state index contributed by atoms with van der Waals surface area (Å²) in [6.45, 7) is 4.87. The van der Waals surface area contributed by atoms with E-state index in [1.807, 2.05) is 18.2 Å². The van der Waals surface area contributed by atoms with E-state index in [1.54, 1.807) is 0 Å². The number of amides is 1. The lowest BCUT2D eigenvalue weighted by Crippen LogP contribution is -2.47. The molecular formula is C18H27N3O. The Balaban J connectivity index is 1.51. The van der Waals surface area contributed by atoms with E-state index in [9.17, 15) is 4.79 Å². The average molecular weight is 301 g/mol. The van der Waals surface area contributed by atoms with Gasteiger partial charge < -0.3 is 15.1 Å². The first-order chi connectivity index (χ1) is 10.7. The maximum atomic E-state index is 12.6. The molecule has 0 aromatic heterocycles. The van der Waals surface area contributed by atoms with Crippen LogP contribution in [0.1, 0.15) is 25.7 Å². The molecule has 1 aromatic carbocycles. The van der Waals surface area contributed by atoms with Crippen LogP contribution in [0.3, 0.4) is 0 Å². The van der Waals surface area contributed by atoms with Crippen molar-refractivity contribution >= 4 is 11.6 Å². The molecular weight excluding hydrogens is 274 g/mol. The Hall–Kier alpha value is -1.55. The molecule has 1 N–H and O–H groups in total. The minimum Gasteiger partial charge on any atom is -0.374 e. The van der Waals surface area contributed by atoms with E-state index in [1.165, 1.54) is 18.5 Å². The summed E-state index contributed by atoms with van der Waals surface area (Å²) in [5.74, 6) is 0.314. The van der Waals surface area contributed by atoms with Gasteiger partial charge in [0.1, 0.15) is 0 Å². The molecule has 0 radical (unpaired) electrons. The summed E-state index contributed by atoms with van der Waals surface area (Å²) in [7, 11) is 2.06. The van der Waals surface area contributed by atoms with Crippen molar-refractivity contribution in [1.82, 2.24) is 10.2 Å². The van der Waals surface area contributed by atoms with Gasteiger partial charge in [-0.3, -0.25) is 4.79 Å². The van der Waals surface area contributed by atoms with E-state index >= 15 is 0 Å². The average Bonchev–Trinajstić information content (AvgIpc) is 3.00. The van der Waals surface area contributed by atoms with Crippen molar-refractivity contribution in [2.45, 2.75) is 25.7 Å². The molecule has 22 heavy (non-hydrogen) atoms. The maximum absolute atomic E-state index is 12.6. The zero-order valence-electron chi connectivity index (χ0n) is 13.6. The van der Waals surface area contributed by atoms with Crippen LogP contribution in [-0.2, 0) is 4.79 Å². The predicted molar refractivity (Wildman–Crippen MR) is 90.1 cm³/mol. The van der Waals surface area contributed by atoms with Crippen molar-refractivity contribution in [3.8, 4) is 0 Å². The highest BCUT2D eigenvalue weighted by molar-refractivity contribution is 5.77. The Morgan fingerprint density at radius 2 is 2.14 bits per heavy atom. The fraction of sp³-hybridized carbons (Fsp3) is 0.611. The number of rotatable bonds is 4. The van der Waals surface area contributed by atoms with Gasteiger partial charge in [-0.1, -0.05) is 18.2 Å². The third kappa shape index (κ3) is 3.43. The molecule has 1 atom stereocenters. The third-order valence-corrected chi connectivity index (χ3v) is 5.20. The van der Waals surface area contributed by atoms with Gasteiger partial charge in [-0.15, -0.1) is 0 Å². The highest BCUT2D eigenvalue weighted by Gasteiger charge is 2.39. The molecule has 0 saturated carbocycles. The van der Waals surface area contributed by atoms with Gasteiger partial charge in [-0.25, -0.2) is 0 Å². The molecule has 1 aromatic rings. The molecule has 120 valence electrons. The highest BCUT2D eigenvalue weighted by atomic mass is 16.2. The van der Waals surface area contributed by atoms with Crippen molar-refractivity contribution in [2.75, 3.05) is 44.7 Å². The number of carbonyl (C=O) groups is 1. The summed E-state index contributed by atoms with van der Waals surface area (Å²) < 4.78 is 0. The first-order valence-electron chi connectivity index (χ1n) is 8.43. The zero-order chi connectivity index (χ0) is 15.4. The van der Waals surface area contributed by atoms with Crippen molar-refractivity contribution in [3.63, 3.8) is 0 Å². The van der Waals surface area contributed by atoms with Gasteiger partial charge >= 0.3 is 0 Å². The van der Waals surface area contributed by atoms with Gasteiger partial charge in [-0.05, 0) is 37.9 Å². The number of anilines is 1. The number of likely N-dealkylation sites (tertiary alicyclic amines) is 1. The molecule has 1 unspecified atom stereocenters. The van der Waals surface area contributed by atoms with Gasteiger partial charge in [0.15, 0.2) is 0 Å². The molecule has 3 rings (SSSR count). The minimum absolute atomic E-state index is 0.314. The Morgan fingerprint density at radius 3 is 2.86 bits per heavy atom. The smallest absolute Gasteiger partial charge is 0.224 e. The van der Waals surface area contributed by atoms with E-state index < -0.39 is 0 Å². The van der Waals surface area contributed by atoms with E-state index in [-0.39, 0.29) is 0 Å². The summed E-state index contributed by atoms with van der Waals surface area (Å²) in [6.07, 6.45) is 4.26. The van der Waals surface area contributed by atoms with Crippen LogP contribution in [0.4, 0.5) is 5.69 Å². The first-order valence-corrected chi connectivity index (χ1v) is 8.43. The minimum atomic E-state index is 0.314. The first kappa shape index (κ1) is 15.3. The molecule has 2 aliphatic rings. The number of hydrogen-bond acceptors (Lipinski definition) is 3. The number of benzene rings is 1. The molecule has 2 saturated heterocycles. The van der Waals surface area contributed by atoms with Gasteiger partial charge in [0.05, 0.1) is 0 Å². The molecule has 0 bridgehead atoms. The van der Waals surface area contributed by atoms with E-state index in [0.29, 0.717) is 17.7 Å². The summed E-state index contributed by atoms with van der Waals surface area (Å²) in [4.78, 5) is 16.8. The van der Waals surface area contributed by atoms with Crippen LogP contribution in [0.5, 0.6) is 0 Å². The molecule has 2 heterocycles. The highest BCUT2D eigenvalue weighted by Crippen LogP contribution is 2.35. The number of para-hydroxylation sites is 1. The Morgan fingerprint density at radius 1 is 1.32 bits per heavy atom. The number of piperidine rings is 1. The third-order valence-electron chi connectivity index (χ3n) is 5.20. The van der Waals surface area contributed by atoms with Crippen molar-refractivity contribution < 1.29 is 4.79 Å². The second-order valence-corrected chi connectivity index (χ2v) is 6.85. The Bertz CT molecular complexity index is 496. The largest absolute Gasteiger partial charge is 0.374 e. The summed E-state index contributed by atoms with van der Waals surface area (Å²) in [6, 6.07) is 10.3. The predicted octanol–water partition coefficient (Wildman–Crippen LogP) is 2.11. The van der Waals surface area contributed by atoms with E-state index in [0.717, 1.165) is 39.1 Å². The second kappa shape index (κ2) is 6.69. The second-order valence-electron chi connectivity index (χ2n) is 6.85. The fourth-order valence-corrected chi connectivity index (χ4v) is 3.80. The molecule has 4 heteroatoms. The van der Waals surface area contributed by atoms with Gasteiger partial charge in [0.25, 0.3) is 0 Å². The monoisotopic (exact) mass is 301 g/mol. The fourth-order valence-electron chi connectivity index (χ4n) is 3.80. The molecule has 2 aliphatic heterocycles. The maximum Gasteiger partial charge on any atom is 0.224 e. The van der Waals surface area contributed by atoms with Gasteiger partial charge in [0.2, 0.25) is 5.91 Å². The van der Waals surface area contributed by atoms with Crippen LogP contribution in [0.15, 0.2) is 30.3 Å². The standard InChI is InChI=1S/C18H27N3O/c1-20(16-6-3-2-4-7-16)13-8-17(22)21-12-5-9-18(15-21)10-11-19-14-18/h2-4,6-7,19H,5,8-15H2,1H3. The molecule has 0 aliphatic carbocycles. The summed E-state index contributed by atoms with van der Waals surface area (Å²) in [5, 5.41) is 3.47. The Kier molecular flexibility index (Phi) is 4.67. The lowest BCUT2D eigenvalue weighted by Gasteiger charge is -2.40.